The maximum absolute atomic E-state index is 13.4. The minimum Gasteiger partial charge on any atom is -0.381 e. The van der Waals surface area contributed by atoms with Gasteiger partial charge in [-0.2, -0.15) is 0 Å². The van der Waals surface area contributed by atoms with Crippen LogP contribution in [0, 0.1) is 36.0 Å². The highest BCUT2D eigenvalue weighted by atomic mass is 19.2. The van der Waals surface area contributed by atoms with Crippen LogP contribution in [0.25, 0.3) is 11.3 Å². The molecule has 2 rings (SSSR count). The molecule has 0 amide bonds. The van der Waals surface area contributed by atoms with Crippen LogP contribution in [0.15, 0.2) is 4.52 Å². The molecule has 0 saturated heterocycles. The monoisotopic (exact) mass is 264 g/mol. The van der Waals surface area contributed by atoms with E-state index < -0.39 is 40.4 Å². The predicted molar refractivity (Wildman–Crippen MR) is 50.9 cm³/mol. The summed E-state index contributed by atoms with van der Waals surface area (Å²) in [7, 11) is 0. The van der Waals surface area contributed by atoms with Crippen LogP contribution in [0.3, 0.4) is 0 Å². The fourth-order valence-corrected chi connectivity index (χ4v) is 1.39. The summed E-state index contributed by atoms with van der Waals surface area (Å²) in [4.78, 5) is 0. The molecule has 1 heterocycles. The van der Waals surface area contributed by atoms with Gasteiger partial charge in [0.15, 0.2) is 34.8 Å². The molecule has 0 fully saturated rings. The van der Waals surface area contributed by atoms with E-state index in [1.54, 1.807) is 0 Å². The highest BCUT2D eigenvalue weighted by Gasteiger charge is 2.30. The van der Waals surface area contributed by atoms with E-state index in [1.807, 2.05) is 0 Å². The second-order valence-electron chi connectivity index (χ2n) is 3.47. The molecule has 8 heteroatoms. The molecule has 18 heavy (non-hydrogen) atoms. The lowest BCUT2D eigenvalue weighted by Crippen LogP contribution is -2.04. The average Bonchev–Trinajstić information content (AvgIpc) is 2.66. The van der Waals surface area contributed by atoms with Crippen LogP contribution < -0.4 is 5.73 Å². The number of halogens is 5. The van der Waals surface area contributed by atoms with Crippen molar-refractivity contribution in [2.75, 3.05) is 5.73 Å². The Balaban J connectivity index is 2.84. The first-order valence-electron chi connectivity index (χ1n) is 4.59. The molecule has 0 radical (unpaired) electrons. The second kappa shape index (κ2) is 3.97. The molecular formula is C10H5F5N2O. The highest BCUT2D eigenvalue weighted by molar-refractivity contribution is 5.67. The number of hydrogen-bond acceptors (Lipinski definition) is 3. The lowest BCUT2D eigenvalue weighted by atomic mass is 10.1. The van der Waals surface area contributed by atoms with Gasteiger partial charge in [0.05, 0.1) is 5.56 Å². The SMILES string of the molecule is Cc1c(N)noc1-c1c(F)c(F)c(F)c(F)c1F. The Hall–Kier alpha value is -2.12. The van der Waals surface area contributed by atoms with Crippen LogP contribution in [-0.4, -0.2) is 5.16 Å². The molecule has 0 aliphatic heterocycles. The third kappa shape index (κ3) is 1.52. The topological polar surface area (TPSA) is 52.0 Å². The molecule has 1 aromatic heterocycles. The van der Waals surface area contributed by atoms with Gasteiger partial charge >= 0.3 is 0 Å². The maximum atomic E-state index is 13.4. The standard InChI is InChI=1S/C10H5F5N2O/c1-2-9(18-17-10(2)16)3-4(11)6(13)8(15)7(14)5(3)12/h1H3,(H2,16,17). The van der Waals surface area contributed by atoms with Crippen molar-refractivity contribution in [1.29, 1.82) is 0 Å². The zero-order chi connectivity index (χ0) is 13.6. The largest absolute Gasteiger partial charge is 0.381 e. The van der Waals surface area contributed by atoms with Crippen LogP contribution in [0.2, 0.25) is 0 Å². The van der Waals surface area contributed by atoms with Crippen LogP contribution in [0.4, 0.5) is 27.8 Å². The summed E-state index contributed by atoms with van der Waals surface area (Å²) in [5.41, 5.74) is 4.07. The van der Waals surface area contributed by atoms with E-state index in [2.05, 4.69) is 9.68 Å². The Bertz CT molecular complexity index is 609. The molecule has 2 aromatic rings. The molecule has 0 aliphatic carbocycles. The first-order chi connectivity index (χ1) is 8.36. The third-order valence-electron chi connectivity index (χ3n) is 2.40. The number of nitrogens with two attached hydrogens (primary N) is 1. The molecule has 0 bridgehead atoms. The number of aromatic nitrogens is 1. The van der Waals surface area contributed by atoms with Crippen LogP contribution >= 0.6 is 0 Å². The van der Waals surface area contributed by atoms with Crippen LogP contribution in [0.1, 0.15) is 5.56 Å². The molecule has 2 N–H and O–H groups in total. The molecular weight excluding hydrogens is 259 g/mol. The van der Waals surface area contributed by atoms with Gasteiger partial charge in [-0.3, -0.25) is 0 Å². The van der Waals surface area contributed by atoms with Crippen molar-refractivity contribution in [2.45, 2.75) is 6.92 Å². The van der Waals surface area contributed by atoms with E-state index in [1.165, 1.54) is 6.92 Å². The lowest BCUT2D eigenvalue weighted by molar-refractivity contribution is 0.373. The highest BCUT2D eigenvalue weighted by Crippen LogP contribution is 2.34. The van der Waals surface area contributed by atoms with Gasteiger partial charge in [-0.1, -0.05) is 5.16 Å². The Morgan fingerprint density at radius 3 is 1.72 bits per heavy atom. The quantitative estimate of drug-likeness (QED) is 0.489. The minimum atomic E-state index is -2.24. The molecule has 96 valence electrons. The maximum Gasteiger partial charge on any atom is 0.200 e. The molecule has 0 unspecified atom stereocenters. The summed E-state index contributed by atoms with van der Waals surface area (Å²) in [6, 6.07) is 0. The third-order valence-corrected chi connectivity index (χ3v) is 2.40. The zero-order valence-electron chi connectivity index (χ0n) is 8.82. The molecule has 0 saturated carbocycles. The number of rotatable bonds is 1. The van der Waals surface area contributed by atoms with Crippen molar-refractivity contribution in [3.8, 4) is 11.3 Å². The molecule has 0 spiro atoms. The smallest absolute Gasteiger partial charge is 0.200 e. The summed E-state index contributed by atoms with van der Waals surface area (Å²) >= 11 is 0. The molecule has 0 atom stereocenters. The van der Waals surface area contributed by atoms with Gasteiger partial charge < -0.3 is 10.3 Å². The molecule has 0 aliphatic rings. The number of benzene rings is 1. The van der Waals surface area contributed by atoms with E-state index in [-0.39, 0.29) is 11.4 Å². The van der Waals surface area contributed by atoms with Crippen molar-refractivity contribution < 1.29 is 26.5 Å². The van der Waals surface area contributed by atoms with Gasteiger partial charge in [-0.15, -0.1) is 0 Å². The molecule has 1 aromatic carbocycles. The van der Waals surface area contributed by atoms with Gasteiger partial charge in [0, 0.05) is 5.56 Å². The van der Waals surface area contributed by atoms with Crippen molar-refractivity contribution in [2.24, 2.45) is 0 Å². The van der Waals surface area contributed by atoms with Crippen molar-refractivity contribution in [3.05, 3.63) is 34.6 Å². The number of anilines is 1. The number of hydrogen-bond donors (Lipinski definition) is 1. The van der Waals surface area contributed by atoms with E-state index in [0.29, 0.717) is 0 Å². The normalized spacial score (nSPS) is 11.0. The van der Waals surface area contributed by atoms with Gasteiger partial charge in [-0.25, -0.2) is 22.0 Å². The fourth-order valence-electron chi connectivity index (χ4n) is 1.39. The average molecular weight is 264 g/mol. The summed E-state index contributed by atoms with van der Waals surface area (Å²) < 4.78 is 70.1. The number of nitrogen functional groups attached to an aromatic ring is 1. The minimum absolute atomic E-state index is 0.0155. The summed E-state index contributed by atoms with van der Waals surface area (Å²) in [6.07, 6.45) is 0. The first-order valence-corrected chi connectivity index (χ1v) is 4.59. The summed E-state index contributed by atoms with van der Waals surface area (Å²) in [6.45, 7) is 1.28. The second-order valence-corrected chi connectivity index (χ2v) is 3.47. The van der Waals surface area contributed by atoms with Gasteiger partial charge in [0.1, 0.15) is 0 Å². The Morgan fingerprint density at radius 2 is 1.33 bits per heavy atom. The van der Waals surface area contributed by atoms with E-state index in [0.717, 1.165) is 0 Å². The Morgan fingerprint density at radius 1 is 0.889 bits per heavy atom. The van der Waals surface area contributed by atoms with Crippen molar-refractivity contribution in [3.63, 3.8) is 0 Å². The van der Waals surface area contributed by atoms with E-state index >= 15 is 0 Å². The Kier molecular flexibility index (Phi) is 2.72. The predicted octanol–water partition coefficient (Wildman–Crippen LogP) is 2.93. The van der Waals surface area contributed by atoms with Gasteiger partial charge in [0.25, 0.3) is 0 Å². The van der Waals surface area contributed by atoms with Crippen LogP contribution in [0.5, 0.6) is 0 Å². The first kappa shape index (κ1) is 12.3. The summed E-state index contributed by atoms with van der Waals surface area (Å²) in [5, 5.41) is 3.19. The van der Waals surface area contributed by atoms with Gasteiger partial charge in [0.2, 0.25) is 5.82 Å². The number of nitrogens with zero attached hydrogens (tertiary/aromatic N) is 1. The van der Waals surface area contributed by atoms with E-state index in [9.17, 15) is 22.0 Å². The van der Waals surface area contributed by atoms with E-state index in [4.69, 9.17) is 5.73 Å². The van der Waals surface area contributed by atoms with Gasteiger partial charge in [-0.05, 0) is 6.92 Å². The fraction of sp³-hybridized carbons (Fsp3) is 0.100. The molecule has 3 nitrogen and oxygen atoms in total. The zero-order valence-corrected chi connectivity index (χ0v) is 8.82. The lowest BCUT2D eigenvalue weighted by Gasteiger charge is -2.05. The Labute approximate surface area is 97.0 Å². The van der Waals surface area contributed by atoms with Crippen molar-refractivity contribution >= 4 is 5.82 Å². The van der Waals surface area contributed by atoms with Crippen LogP contribution in [-0.2, 0) is 0 Å². The van der Waals surface area contributed by atoms with Crippen molar-refractivity contribution in [1.82, 2.24) is 5.16 Å². The summed E-state index contributed by atoms with van der Waals surface area (Å²) in [5.74, 6) is -11.1.